The fourth-order valence-electron chi connectivity index (χ4n) is 3.00. The second kappa shape index (κ2) is 9.26. The quantitative estimate of drug-likeness (QED) is 0.626. The number of halogens is 3. The van der Waals surface area contributed by atoms with Crippen LogP contribution < -0.4 is 4.74 Å². The number of alkyl halides is 3. The van der Waals surface area contributed by atoms with Crippen LogP contribution in [0.15, 0.2) is 18.2 Å². The number of carbonyl (C=O) groups excluding carboxylic acids is 1. The van der Waals surface area contributed by atoms with E-state index in [0.717, 1.165) is 31.4 Å². The zero-order chi connectivity index (χ0) is 19.2. The average molecular weight is 374 g/mol. The molecule has 1 aromatic carbocycles. The maximum Gasteiger partial charge on any atom is 0.416 e. The van der Waals surface area contributed by atoms with E-state index < -0.39 is 29.9 Å². The molecule has 1 heterocycles. The fourth-order valence-corrected chi connectivity index (χ4v) is 3.00. The molecule has 0 N–H and O–H groups in total. The molecule has 0 aromatic heterocycles. The molecule has 0 radical (unpaired) electrons. The Morgan fingerprint density at radius 3 is 2.69 bits per heavy atom. The van der Waals surface area contributed by atoms with Crippen LogP contribution in [0.4, 0.5) is 13.2 Å². The van der Waals surface area contributed by atoms with Crippen molar-refractivity contribution in [2.24, 2.45) is 0 Å². The van der Waals surface area contributed by atoms with Gasteiger partial charge in [-0.1, -0.05) is 19.8 Å². The van der Waals surface area contributed by atoms with Gasteiger partial charge in [0.1, 0.15) is 5.75 Å². The van der Waals surface area contributed by atoms with Crippen molar-refractivity contribution in [2.45, 2.75) is 63.8 Å². The number of ether oxygens (including phenoxy) is 3. The zero-order valence-corrected chi connectivity index (χ0v) is 15.1. The number of esters is 1. The van der Waals surface area contributed by atoms with Crippen molar-refractivity contribution >= 4 is 5.97 Å². The van der Waals surface area contributed by atoms with Gasteiger partial charge < -0.3 is 14.2 Å². The van der Waals surface area contributed by atoms with Crippen molar-refractivity contribution in [3.8, 4) is 5.75 Å². The third-order valence-corrected chi connectivity index (χ3v) is 4.44. The maximum atomic E-state index is 13.2. The molecule has 0 bridgehead atoms. The molecule has 0 amide bonds. The highest BCUT2D eigenvalue weighted by molar-refractivity contribution is 5.79. The topological polar surface area (TPSA) is 44.8 Å². The summed E-state index contributed by atoms with van der Waals surface area (Å²) in [5, 5.41) is 0. The Morgan fingerprint density at radius 2 is 2.12 bits per heavy atom. The summed E-state index contributed by atoms with van der Waals surface area (Å²) in [7, 11) is 1.24. The van der Waals surface area contributed by atoms with Gasteiger partial charge in [0.05, 0.1) is 25.2 Å². The van der Waals surface area contributed by atoms with Crippen LogP contribution in [0.5, 0.6) is 5.75 Å². The number of methoxy groups -OCH3 is 1. The minimum atomic E-state index is -4.50. The first-order valence-electron chi connectivity index (χ1n) is 8.94. The SMILES string of the molecule is CCCCC(C(=O)OC)c1cc(C(F)(F)F)ccc1OC1CCCCO1. The highest BCUT2D eigenvalue weighted by Gasteiger charge is 2.34. The molecule has 1 saturated heterocycles. The summed E-state index contributed by atoms with van der Waals surface area (Å²) in [4.78, 5) is 12.2. The average Bonchev–Trinajstić information content (AvgIpc) is 2.62. The molecule has 1 aliphatic rings. The Labute approximate surface area is 151 Å². The van der Waals surface area contributed by atoms with Crippen molar-refractivity contribution in [2.75, 3.05) is 13.7 Å². The summed E-state index contributed by atoms with van der Waals surface area (Å²) in [5.41, 5.74) is -0.607. The smallest absolute Gasteiger partial charge is 0.416 e. The molecular formula is C19H25F3O4. The Kier molecular flexibility index (Phi) is 7.32. The minimum absolute atomic E-state index is 0.203. The standard InChI is InChI=1S/C19H25F3O4/c1-3-4-7-14(18(23)24-2)15-12-13(19(20,21)22)9-10-16(15)26-17-8-5-6-11-25-17/h9-10,12,14,17H,3-8,11H2,1-2H3. The third kappa shape index (κ3) is 5.37. The van der Waals surface area contributed by atoms with Gasteiger partial charge in [-0.2, -0.15) is 13.2 Å². The van der Waals surface area contributed by atoms with Crippen LogP contribution in [0.25, 0.3) is 0 Å². The van der Waals surface area contributed by atoms with E-state index in [2.05, 4.69) is 0 Å². The molecular weight excluding hydrogens is 349 g/mol. The lowest BCUT2D eigenvalue weighted by Crippen LogP contribution is -2.26. The largest absolute Gasteiger partial charge is 0.469 e. The molecule has 1 fully saturated rings. The van der Waals surface area contributed by atoms with Gasteiger partial charge in [0, 0.05) is 12.0 Å². The fraction of sp³-hybridized carbons (Fsp3) is 0.632. The molecule has 1 aliphatic heterocycles. The van der Waals surface area contributed by atoms with Crippen LogP contribution in [0.2, 0.25) is 0 Å². The number of hydrogen-bond acceptors (Lipinski definition) is 4. The van der Waals surface area contributed by atoms with Crippen molar-refractivity contribution in [3.05, 3.63) is 29.3 Å². The number of benzene rings is 1. The van der Waals surface area contributed by atoms with Gasteiger partial charge in [-0.15, -0.1) is 0 Å². The number of carbonyl (C=O) groups is 1. The van der Waals surface area contributed by atoms with Gasteiger partial charge in [0.25, 0.3) is 0 Å². The van der Waals surface area contributed by atoms with Crippen molar-refractivity contribution < 1.29 is 32.2 Å². The molecule has 2 atom stereocenters. The lowest BCUT2D eigenvalue weighted by atomic mass is 9.91. The second-order valence-electron chi connectivity index (χ2n) is 6.38. The molecule has 146 valence electrons. The lowest BCUT2D eigenvalue weighted by Gasteiger charge is -2.26. The summed E-state index contributed by atoms with van der Waals surface area (Å²) in [6.45, 7) is 2.50. The van der Waals surface area contributed by atoms with Gasteiger partial charge in [-0.25, -0.2) is 0 Å². The van der Waals surface area contributed by atoms with Crippen LogP contribution >= 0.6 is 0 Å². The van der Waals surface area contributed by atoms with Crippen molar-refractivity contribution in [1.82, 2.24) is 0 Å². The molecule has 0 aliphatic carbocycles. The van der Waals surface area contributed by atoms with Crippen molar-refractivity contribution in [3.63, 3.8) is 0 Å². The molecule has 2 unspecified atom stereocenters. The van der Waals surface area contributed by atoms with Crippen LogP contribution in [0.3, 0.4) is 0 Å². The van der Waals surface area contributed by atoms with E-state index in [4.69, 9.17) is 14.2 Å². The summed E-state index contributed by atoms with van der Waals surface area (Å²) in [5.74, 6) is -1.12. The minimum Gasteiger partial charge on any atom is -0.469 e. The van der Waals surface area contributed by atoms with E-state index >= 15 is 0 Å². The first-order valence-corrected chi connectivity index (χ1v) is 8.94. The van der Waals surface area contributed by atoms with Gasteiger partial charge in [-0.3, -0.25) is 4.79 Å². The van der Waals surface area contributed by atoms with Crippen molar-refractivity contribution in [1.29, 1.82) is 0 Å². The van der Waals surface area contributed by atoms with E-state index in [1.165, 1.54) is 13.2 Å². The molecule has 1 aromatic rings. The maximum absolute atomic E-state index is 13.2. The molecule has 0 spiro atoms. The number of hydrogen-bond donors (Lipinski definition) is 0. The Balaban J connectivity index is 2.39. The third-order valence-electron chi connectivity index (χ3n) is 4.44. The van der Waals surface area contributed by atoms with Gasteiger partial charge in [-0.05, 0) is 37.5 Å². The molecule has 26 heavy (non-hydrogen) atoms. The predicted octanol–water partition coefficient (Wildman–Crippen LogP) is 5.06. The summed E-state index contributed by atoms with van der Waals surface area (Å²) < 4.78 is 55.7. The Morgan fingerprint density at radius 1 is 1.35 bits per heavy atom. The van der Waals surface area contributed by atoms with Gasteiger partial charge in [0.15, 0.2) is 6.29 Å². The molecule has 4 nitrogen and oxygen atoms in total. The number of unbranched alkanes of at least 4 members (excludes halogenated alkanes) is 1. The Hall–Kier alpha value is -1.76. The van der Waals surface area contributed by atoms with Gasteiger partial charge >= 0.3 is 12.1 Å². The van der Waals surface area contributed by atoms with Crippen LogP contribution in [0, 0.1) is 0 Å². The predicted molar refractivity (Wildman–Crippen MR) is 89.9 cm³/mol. The van der Waals surface area contributed by atoms with E-state index in [1.807, 2.05) is 6.92 Å². The highest BCUT2D eigenvalue weighted by atomic mass is 19.4. The monoisotopic (exact) mass is 374 g/mol. The highest BCUT2D eigenvalue weighted by Crippen LogP contribution is 2.38. The summed E-state index contributed by atoms with van der Waals surface area (Å²) >= 11 is 0. The molecule has 2 rings (SSSR count). The van der Waals surface area contributed by atoms with E-state index in [1.54, 1.807) is 0 Å². The van der Waals surface area contributed by atoms with E-state index in [9.17, 15) is 18.0 Å². The first-order chi connectivity index (χ1) is 12.4. The Bertz CT molecular complexity index is 595. The summed E-state index contributed by atoms with van der Waals surface area (Å²) in [6, 6.07) is 3.24. The van der Waals surface area contributed by atoms with E-state index in [0.29, 0.717) is 25.9 Å². The second-order valence-corrected chi connectivity index (χ2v) is 6.38. The van der Waals surface area contributed by atoms with E-state index in [-0.39, 0.29) is 11.3 Å². The molecule has 7 heteroatoms. The lowest BCUT2D eigenvalue weighted by molar-refractivity contribution is -0.143. The normalized spacial score (nSPS) is 19.0. The first kappa shape index (κ1) is 20.6. The zero-order valence-electron chi connectivity index (χ0n) is 15.1. The van der Waals surface area contributed by atoms with Crippen LogP contribution in [-0.2, 0) is 20.4 Å². The molecule has 0 saturated carbocycles. The number of rotatable bonds is 7. The van der Waals surface area contributed by atoms with Gasteiger partial charge in [0.2, 0.25) is 0 Å². The summed E-state index contributed by atoms with van der Waals surface area (Å²) in [6.07, 6.45) is -0.587. The van der Waals surface area contributed by atoms with Crippen LogP contribution in [0.1, 0.15) is 62.5 Å². The van der Waals surface area contributed by atoms with Crippen LogP contribution in [-0.4, -0.2) is 26.0 Å².